The minimum absolute atomic E-state index is 0.121. The van der Waals surface area contributed by atoms with Gasteiger partial charge in [0.05, 0.1) is 18.5 Å². The number of benzene rings is 2. The predicted molar refractivity (Wildman–Crippen MR) is 130 cm³/mol. The van der Waals surface area contributed by atoms with Crippen molar-refractivity contribution < 1.29 is 14.3 Å². The summed E-state index contributed by atoms with van der Waals surface area (Å²) in [6.07, 6.45) is 0.941. The van der Waals surface area contributed by atoms with Crippen LogP contribution in [0.5, 0.6) is 5.75 Å². The first kappa shape index (κ1) is 22.3. The molecule has 0 bridgehead atoms. The maximum Gasteiger partial charge on any atom is 0.243 e. The minimum Gasteiger partial charge on any atom is -0.497 e. The number of piperidine rings is 1. The van der Waals surface area contributed by atoms with Crippen molar-refractivity contribution in [1.82, 2.24) is 15.1 Å². The van der Waals surface area contributed by atoms with Crippen molar-refractivity contribution >= 4 is 30.1 Å². The normalized spacial score (nSPS) is 24.0. The molecular formula is C25H30N4O3S. The third-order valence-electron chi connectivity index (χ3n) is 6.96. The summed E-state index contributed by atoms with van der Waals surface area (Å²) in [6.45, 7) is 5.58. The second-order valence-corrected chi connectivity index (χ2v) is 9.50. The fourth-order valence-electron chi connectivity index (χ4n) is 5.12. The fourth-order valence-corrected chi connectivity index (χ4v) is 5.61. The average Bonchev–Trinajstić information content (AvgIpc) is 3.15. The minimum atomic E-state index is -0.300. The number of methoxy groups -OCH3 is 1. The maximum atomic E-state index is 12.4. The molecule has 2 aromatic carbocycles. The Bertz CT molecular complexity index is 1050. The molecule has 0 radical (unpaired) electrons. The van der Waals surface area contributed by atoms with Crippen LogP contribution in [-0.2, 0) is 22.7 Å². The highest BCUT2D eigenvalue weighted by Crippen LogP contribution is 2.39. The molecule has 0 saturated carbocycles. The van der Waals surface area contributed by atoms with Gasteiger partial charge < -0.3 is 9.64 Å². The van der Waals surface area contributed by atoms with Gasteiger partial charge in [-0.15, -0.1) is 0 Å². The topological polar surface area (TPSA) is 65.1 Å². The Morgan fingerprint density at radius 2 is 1.91 bits per heavy atom. The number of ether oxygens (including phenoxy) is 1. The number of nitrogens with zero attached hydrogens (tertiary/aromatic N) is 3. The van der Waals surface area contributed by atoms with E-state index in [4.69, 9.17) is 17.4 Å². The second kappa shape index (κ2) is 9.37. The van der Waals surface area contributed by atoms with Gasteiger partial charge in [0.25, 0.3) is 0 Å². The fraction of sp³-hybridized carbons (Fsp3) is 0.440. The predicted octanol–water partition coefficient (Wildman–Crippen LogP) is 2.57. The largest absolute Gasteiger partial charge is 0.497 e. The van der Waals surface area contributed by atoms with Crippen molar-refractivity contribution in [2.75, 3.05) is 38.2 Å². The van der Waals surface area contributed by atoms with E-state index in [1.165, 1.54) is 16.8 Å². The van der Waals surface area contributed by atoms with Crippen molar-refractivity contribution in [3.8, 4) is 5.75 Å². The molecule has 8 heteroatoms. The Hall–Kier alpha value is -2.55. The van der Waals surface area contributed by atoms with Crippen LogP contribution < -0.4 is 15.0 Å². The summed E-state index contributed by atoms with van der Waals surface area (Å²) in [5, 5.41) is 2.35. The van der Waals surface area contributed by atoms with E-state index in [9.17, 15) is 9.59 Å². The number of rotatable bonds is 5. The van der Waals surface area contributed by atoms with Crippen molar-refractivity contribution in [2.45, 2.75) is 37.3 Å². The molecule has 2 fully saturated rings. The van der Waals surface area contributed by atoms with Crippen LogP contribution in [0.25, 0.3) is 0 Å². The SMILES string of the molecule is COc1cccc(N2CCN(Cc3ccc4c(c3)CN(C3CCC(=O)NC3=O)C4S)CC2)c1. The Labute approximate surface area is 200 Å². The number of piperazine rings is 1. The van der Waals surface area contributed by atoms with Gasteiger partial charge in [0, 0.05) is 57.4 Å². The molecule has 5 rings (SSSR count). The summed E-state index contributed by atoms with van der Waals surface area (Å²) in [5.74, 6) is 0.506. The first-order chi connectivity index (χ1) is 16.0. The van der Waals surface area contributed by atoms with E-state index < -0.39 is 0 Å². The van der Waals surface area contributed by atoms with Gasteiger partial charge in [0.2, 0.25) is 11.8 Å². The highest BCUT2D eigenvalue weighted by Gasteiger charge is 2.39. The first-order valence-electron chi connectivity index (χ1n) is 11.5. The number of carbonyl (C=O) groups is 2. The van der Waals surface area contributed by atoms with E-state index in [0.29, 0.717) is 19.4 Å². The summed E-state index contributed by atoms with van der Waals surface area (Å²) in [4.78, 5) is 30.9. The second-order valence-electron chi connectivity index (χ2n) is 9.01. The molecule has 3 aliphatic rings. The van der Waals surface area contributed by atoms with Crippen molar-refractivity contribution in [3.63, 3.8) is 0 Å². The standard InChI is InChI=1S/C25H30N4O3S/c1-32-20-4-2-3-19(14-20)28-11-9-27(10-12-28)15-17-5-6-21-18(13-17)16-29(25(21)33)22-7-8-23(30)26-24(22)31/h2-6,13-14,22,25,33H,7-12,15-16H2,1H3,(H,26,30,31). The number of thiol groups is 1. The van der Waals surface area contributed by atoms with E-state index in [2.05, 4.69) is 50.3 Å². The number of anilines is 1. The zero-order valence-electron chi connectivity index (χ0n) is 18.9. The highest BCUT2D eigenvalue weighted by atomic mass is 32.1. The summed E-state index contributed by atoms with van der Waals surface area (Å²) in [5.41, 5.74) is 4.89. The Balaban J connectivity index is 1.20. The van der Waals surface area contributed by atoms with Crippen LogP contribution in [0.3, 0.4) is 0 Å². The lowest BCUT2D eigenvalue weighted by Gasteiger charge is -2.36. The van der Waals surface area contributed by atoms with Gasteiger partial charge in [0.1, 0.15) is 5.75 Å². The third-order valence-corrected chi connectivity index (χ3v) is 7.53. The molecular weight excluding hydrogens is 436 g/mol. The summed E-state index contributed by atoms with van der Waals surface area (Å²) in [7, 11) is 1.70. The molecule has 3 aliphatic heterocycles. The van der Waals surface area contributed by atoms with Crippen molar-refractivity contribution in [3.05, 3.63) is 59.2 Å². The number of imide groups is 1. The van der Waals surface area contributed by atoms with Gasteiger partial charge in [0.15, 0.2) is 0 Å². The maximum absolute atomic E-state index is 12.4. The number of hydrogen-bond donors (Lipinski definition) is 2. The van der Waals surface area contributed by atoms with Crippen molar-refractivity contribution in [2.24, 2.45) is 0 Å². The van der Waals surface area contributed by atoms with E-state index in [-0.39, 0.29) is 23.2 Å². The summed E-state index contributed by atoms with van der Waals surface area (Å²) in [6, 6.07) is 14.6. The van der Waals surface area contributed by atoms with Gasteiger partial charge >= 0.3 is 0 Å². The molecule has 2 amide bonds. The van der Waals surface area contributed by atoms with Crippen molar-refractivity contribution in [1.29, 1.82) is 0 Å². The molecule has 2 saturated heterocycles. The Morgan fingerprint density at radius 3 is 2.67 bits per heavy atom. The van der Waals surface area contributed by atoms with Crippen LogP contribution in [0.1, 0.15) is 34.9 Å². The quantitative estimate of drug-likeness (QED) is 0.522. The van der Waals surface area contributed by atoms with Gasteiger partial charge in [-0.2, -0.15) is 12.6 Å². The monoisotopic (exact) mass is 466 g/mol. The molecule has 174 valence electrons. The van der Waals surface area contributed by atoms with E-state index in [1.807, 2.05) is 12.1 Å². The molecule has 2 aromatic rings. The van der Waals surface area contributed by atoms with Crippen LogP contribution in [0.15, 0.2) is 42.5 Å². The zero-order valence-corrected chi connectivity index (χ0v) is 19.8. The van der Waals surface area contributed by atoms with Crippen LogP contribution in [0.4, 0.5) is 5.69 Å². The molecule has 7 nitrogen and oxygen atoms in total. The van der Waals surface area contributed by atoms with E-state index >= 15 is 0 Å². The molecule has 1 N–H and O–H groups in total. The van der Waals surface area contributed by atoms with Crippen LogP contribution in [0.2, 0.25) is 0 Å². The average molecular weight is 467 g/mol. The number of amides is 2. The van der Waals surface area contributed by atoms with E-state index in [1.54, 1.807) is 7.11 Å². The highest BCUT2D eigenvalue weighted by molar-refractivity contribution is 7.80. The number of nitrogens with one attached hydrogen (secondary N) is 1. The number of fused-ring (bicyclic) bond motifs is 1. The van der Waals surface area contributed by atoms with Gasteiger partial charge in [-0.25, -0.2) is 0 Å². The van der Waals surface area contributed by atoms with Gasteiger partial charge in [-0.1, -0.05) is 24.3 Å². The Kier molecular flexibility index (Phi) is 6.32. The molecule has 3 heterocycles. The van der Waals surface area contributed by atoms with Gasteiger partial charge in [-0.05, 0) is 35.2 Å². The van der Waals surface area contributed by atoms with Gasteiger partial charge in [-0.3, -0.25) is 24.7 Å². The molecule has 0 aliphatic carbocycles. The molecule has 0 aromatic heterocycles. The number of hydrogen-bond acceptors (Lipinski definition) is 7. The molecule has 2 unspecified atom stereocenters. The number of carbonyl (C=O) groups excluding carboxylic acids is 2. The molecule has 33 heavy (non-hydrogen) atoms. The van der Waals surface area contributed by atoms with Crippen LogP contribution in [-0.4, -0.2) is 60.9 Å². The third kappa shape index (κ3) is 4.60. The zero-order chi connectivity index (χ0) is 22.9. The summed E-state index contributed by atoms with van der Waals surface area (Å²) < 4.78 is 5.36. The van der Waals surface area contributed by atoms with E-state index in [0.717, 1.165) is 44.0 Å². The lowest BCUT2D eigenvalue weighted by molar-refractivity contribution is -0.137. The first-order valence-corrected chi connectivity index (χ1v) is 12.0. The smallest absolute Gasteiger partial charge is 0.243 e. The summed E-state index contributed by atoms with van der Waals surface area (Å²) >= 11 is 4.80. The van der Waals surface area contributed by atoms with Crippen LogP contribution >= 0.6 is 12.6 Å². The van der Waals surface area contributed by atoms with Crippen LogP contribution in [0, 0.1) is 0 Å². The lowest BCUT2D eigenvalue weighted by atomic mass is 10.0. The Morgan fingerprint density at radius 1 is 1.09 bits per heavy atom. The molecule has 0 spiro atoms. The molecule has 2 atom stereocenters. The lowest BCUT2D eigenvalue weighted by Crippen LogP contribution is -2.51.